The predicted molar refractivity (Wildman–Crippen MR) is 91.2 cm³/mol. The van der Waals surface area contributed by atoms with Crippen LogP contribution in [0.15, 0.2) is 0 Å². The van der Waals surface area contributed by atoms with Crippen molar-refractivity contribution in [2.75, 3.05) is 39.3 Å². The number of rotatable bonds is 2. The number of carbonyl (C=O) groups excluding carboxylic acids is 1. The zero-order valence-corrected chi connectivity index (χ0v) is 15.3. The zero-order chi connectivity index (χ0) is 17.9. The Morgan fingerprint density at radius 2 is 1.71 bits per heavy atom. The van der Waals surface area contributed by atoms with Crippen LogP contribution in [0, 0.1) is 5.92 Å². The molecule has 1 N–H and O–H groups in total. The van der Waals surface area contributed by atoms with Crippen molar-refractivity contribution in [3.05, 3.63) is 0 Å². The van der Waals surface area contributed by atoms with Gasteiger partial charge in [0, 0.05) is 45.3 Å². The molecule has 7 heteroatoms. The van der Waals surface area contributed by atoms with Crippen LogP contribution in [0.25, 0.3) is 0 Å². The molecule has 2 aliphatic heterocycles. The highest BCUT2D eigenvalue weighted by Crippen LogP contribution is 2.22. The third kappa shape index (κ3) is 5.26. The normalized spacial score (nSPS) is 24.1. The lowest BCUT2D eigenvalue weighted by atomic mass is 9.95. The molecule has 1 atom stereocenters. The van der Waals surface area contributed by atoms with Gasteiger partial charge in [-0.3, -0.25) is 4.90 Å². The average Bonchev–Trinajstić information content (AvgIpc) is 2.48. The van der Waals surface area contributed by atoms with Gasteiger partial charge in [-0.15, -0.1) is 0 Å². The van der Waals surface area contributed by atoms with Crippen LogP contribution in [0.1, 0.15) is 40.5 Å². The maximum absolute atomic E-state index is 12.1. The molecule has 0 aromatic heterocycles. The second kappa shape index (κ2) is 7.59. The lowest BCUT2D eigenvalue weighted by Crippen LogP contribution is -2.55. The number of ether oxygens (including phenoxy) is 1. The second-order valence-electron chi connectivity index (χ2n) is 7.98. The molecule has 0 unspecified atom stereocenters. The standard InChI is InChI=1S/C17H31N3O4/c1-13-11-20(15(21)22)10-9-19(13)12-14-5-7-18(8-6-14)16(23)24-17(2,3)4/h13-14H,5-12H2,1-4H3,(H,21,22)/t13-/m1/s1. The first-order valence-electron chi connectivity index (χ1n) is 8.85. The lowest BCUT2D eigenvalue weighted by molar-refractivity contribution is 0.0141. The van der Waals surface area contributed by atoms with Crippen molar-refractivity contribution >= 4 is 12.2 Å². The minimum atomic E-state index is -0.827. The summed E-state index contributed by atoms with van der Waals surface area (Å²) >= 11 is 0. The van der Waals surface area contributed by atoms with E-state index in [1.54, 1.807) is 4.90 Å². The van der Waals surface area contributed by atoms with Gasteiger partial charge in [0.2, 0.25) is 0 Å². The maximum Gasteiger partial charge on any atom is 0.410 e. The van der Waals surface area contributed by atoms with Crippen LogP contribution < -0.4 is 0 Å². The maximum atomic E-state index is 12.1. The number of piperidine rings is 1. The number of carbonyl (C=O) groups is 2. The van der Waals surface area contributed by atoms with E-state index in [9.17, 15) is 9.59 Å². The zero-order valence-electron chi connectivity index (χ0n) is 15.3. The fraction of sp³-hybridized carbons (Fsp3) is 0.882. The van der Waals surface area contributed by atoms with E-state index in [1.807, 2.05) is 20.8 Å². The fourth-order valence-corrected chi connectivity index (χ4v) is 3.40. The lowest BCUT2D eigenvalue weighted by Gasteiger charge is -2.41. The van der Waals surface area contributed by atoms with Crippen molar-refractivity contribution in [2.24, 2.45) is 5.92 Å². The third-order valence-corrected chi connectivity index (χ3v) is 4.79. The molecule has 2 amide bonds. The SMILES string of the molecule is C[C@@H]1CN(C(=O)O)CCN1CC1CCN(C(=O)OC(C)(C)C)CC1. The van der Waals surface area contributed by atoms with Crippen molar-refractivity contribution in [1.82, 2.24) is 14.7 Å². The summed E-state index contributed by atoms with van der Waals surface area (Å²) in [5.41, 5.74) is -0.451. The molecule has 0 aromatic carbocycles. The largest absolute Gasteiger partial charge is 0.465 e. The summed E-state index contributed by atoms with van der Waals surface area (Å²) < 4.78 is 5.43. The fourth-order valence-electron chi connectivity index (χ4n) is 3.40. The van der Waals surface area contributed by atoms with Crippen LogP contribution in [-0.4, -0.2) is 82.9 Å². The van der Waals surface area contributed by atoms with E-state index in [0.717, 1.165) is 39.0 Å². The van der Waals surface area contributed by atoms with Crippen molar-refractivity contribution < 1.29 is 19.4 Å². The van der Waals surface area contributed by atoms with Crippen LogP contribution in [0.3, 0.4) is 0 Å². The third-order valence-electron chi connectivity index (χ3n) is 4.79. The van der Waals surface area contributed by atoms with Crippen LogP contribution in [0.5, 0.6) is 0 Å². The Morgan fingerprint density at radius 1 is 1.08 bits per heavy atom. The molecule has 7 nitrogen and oxygen atoms in total. The van der Waals surface area contributed by atoms with E-state index in [2.05, 4.69) is 11.8 Å². The molecule has 0 aliphatic carbocycles. The van der Waals surface area contributed by atoms with Crippen LogP contribution >= 0.6 is 0 Å². The molecular weight excluding hydrogens is 310 g/mol. The summed E-state index contributed by atoms with van der Waals surface area (Å²) in [4.78, 5) is 28.8. The Hall–Kier alpha value is -1.50. The van der Waals surface area contributed by atoms with Crippen molar-refractivity contribution in [2.45, 2.75) is 52.2 Å². The van der Waals surface area contributed by atoms with E-state index < -0.39 is 11.7 Å². The summed E-state index contributed by atoms with van der Waals surface area (Å²) in [6, 6.07) is 0.249. The number of hydrogen-bond acceptors (Lipinski definition) is 4. The quantitative estimate of drug-likeness (QED) is 0.834. The highest BCUT2D eigenvalue weighted by Gasteiger charge is 2.31. The van der Waals surface area contributed by atoms with Gasteiger partial charge in [-0.1, -0.05) is 0 Å². The van der Waals surface area contributed by atoms with Crippen molar-refractivity contribution in [3.63, 3.8) is 0 Å². The van der Waals surface area contributed by atoms with E-state index in [-0.39, 0.29) is 12.1 Å². The molecule has 2 heterocycles. The first-order valence-corrected chi connectivity index (χ1v) is 8.85. The van der Waals surface area contributed by atoms with E-state index in [0.29, 0.717) is 19.0 Å². The van der Waals surface area contributed by atoms with Gasteiger partial charge in [-0.25, -0.2) is 9.59 Å². The van der Waals surface area contributed by atoms with E-state index >= 15 is 0 Å². The Bertz CT molecular complexity index is 455. The van der Waals surface area contributed by atoms with Gasteiger partial charge in [0.25, 0.3) is 0 Å². The first kappa shape index (κ1) is 18.8. The predicted octanol–water partition coefficient (Wildman–Crippen LogP) is 2.32. The molecule has 2 fully saturated rings. The second-order valence-corrected chi connectivity index (χ2v) is 7.98. The minimum absolute atomic E-state index is 0.218. The molecule has 24 heavy (non-hydrogen) atoms. The molecule has 2 saturated heterocycles. The molecule has 0 aromatic rings. The van der Waals surface area contributed by atoms with Gasteiger partial charge in [0.1, 0.15) is 5.60 Å². The first-order chi connectivity index (χ1) is 11.2. The van der Waals surface area contributed by atoms with Gasteiger partial charge in [-0.2, -0.15) is 0 Å². The summed E-state index contributed by atoms with van der Waals surface area (Å²) in [6.45, 7) is 12.2. The van der Waals surface area contributed by atoms with Gasteiger partial charge in [-0.05, 0) is 46.5 Å². The Kier molecular flexibility index (Phi) is 5.96. The Morgan fingerprint density at radius 3 is 2.21 bits per heavy atom. The van der Waals surface area contributed by atoms with Gasteiger partial charge in [0.15, 0.2) is 0 Å². The number of piperazine rings is 1. The molecule has 0 radical (unpaired) electrons. The number of carboxylic acid groups (broad SMARTS) is 1. The van der Waals surface area contributed by atoms with Gasteiger partial charge in [0.05, 0.1) is 0 Å². The minimum Gasteiger partial charge on any atom is -0.465 e. The summed E-state index contributed by atoms with van der Waals surface area (Å²) in [5.74, 6) is 0.558. The van der Waals surface area contributed by atoms with Crippen molar-refractivity contribution in [3.8, 4) is 0 Å². The van der Waals surface area contributed by atoms with Gasteiger partial charge >= 0.3 is 12.2 Å². The summed E-state index contributed by atoms with van der Waals surface area (Å²) in [7, 11) is 0. The average molecular weight is 341 g/mol. The smallest absolute Gasteiger partial charge is 0.410 e. The molecule has 2 rings (SSSR count). The Labute approximate surface area is 144 Å². The van der Waals surface area contributed by atoms with Crippen LogP contribution in [0.2, 0.25) is 0 Å². The van der Waals surface area contributed by atoms with Crippen LogP contribution in [0.4, 0.5) is 9.59 Å². The molecule has 0 spiro atoms. The number of likely N-dealkylation sites (tertiary alicyclic amines) is 1. The molecule has 0 saturated carbocycles. The molecular formula is C17H31N3O4. The molecule has 0 bridgehead atoms. The summed E-state index contributed by atoms with van der Waals surface area (Å²) in [6.07, 6.45) is 0.910. The van der Waals surface area contributed by atoms with E-state index in [1.165, 1.54) is 4.90 Å². The van der Waals surface area contributed by atoms with Crippen molar-refractivity contribution in [1.29, 1.82) is 0 Å². The van der Waals surface area contributed by atoms with Crippen LogP contribution in [-0.2, 0) is 4.74 Å². The highest BCUT2D eigenvalue weighted by atomic mass is 16.6. The number of nitrogens with zero attached hydrogens (tertiary/aromatic N) is 3. The molecule has 138 valence electrons. The topological polar surface area (TPSA) is 73.3 Å². The highest BCUT2D eigenvalue weighted by molar-refractivity contribution is 5.68. The monoisotopic (exact) mass is 341 g/mol. The van der Waals surface area contributed by atoms with E-state index in [4.69, 9.17) is 9.84 Å². The Balaban J connectivity index is 1.75. The number of amides is 2. The number of hydrogen-bond donors (Lipinski definition) is 1. The summed E-state index contributed by atoms with van der Waals surface area (Å²) in [5, 5.41) is 9.08. The molecule has 2 aliphatic rings. The van der Waals surface area contributed by atoms with Gasteiger partial charge < -0.3 is 19.6 Å².